The topological polar surface area (TPSA) is 67.9 Å². The molecule has 0 aromatic heterocycles. The Morgan fingerprint density at radius 3 is 2.56 bits per heavy atom. The van der Waals surface area contributed by atoms with Crippen molar-refractivity contribution >= 4 is 17.5 Å². The average Bonchev–Trinajstić information content (AvgIpc) is 3.10. The van der Waals surface area contributed by atoms with Crippen LogP contribution in [0.5, 0.6) is 11.5 Å². The predicted molar refractivity (Wildman–Crippen MR) is 103 cm³/mol. The van der Waals surface area contributed by atoms with E-state index in [1.807, 2.05) is 37.3 Å². The number of nitrogens with zero attached hydrogens (tertiary/aromatic N) is 1. The second-order valence-corrected chi connectivity index (χ2v) is 6.59. The second kappa shape index (κ2) is 8.12. The molecular formula is C21H24N2O4. The summed E-state index contributed by atoms with van der Waals surface area (Å²) in [5.41, 5.74) is 1.62. The van der Waals surface area contributed by atoms with Gasteiger partial charge in [0.25, 0.3) is 0 Å². The molecule has 0 radical (unpaired) electrons. The maximum atomic E-state index is 12.7. The number of carbonyl (C=O) groups excluding carboxylic acids is 2. The Kier molecular flexibility index (Phi) is 5.64. The zero-order valence-electron chi connectivity index (χ0n) is 15.8. The molecule has 0 saturated carbocycles. The highest BCUT2D eigenvalue weighted by Crippen LogP contribution is 2.32. The number of hydrogen-bond donors (Lipinski definition) is 1. The van der Waals surface area contributed by atoms with Crippen LogP contribution in [0.15, 0.2) is 48.5 Å². The number of ether oxygens (including phenoxy) is 2. The number of amides is 2. The number of likely N-dealkylation sites (tertiary alicyclic amines) is 1. The van der Waals surface area contributed by atoms with E-state index in [2.05, 4.69) is 5.32 Å². The summed E-state index contributed by atoms with van der Waals surface area (Å²) in [5, 5.41) is 2.88. The van der Waals surface area contributed by atoms with Crippen LogP contribution in [0.25, 0.3) is 0 Å². The molecular weight excluding hydrogens is 344 g/mol. The van der Waals surface area contributed by atoms with Gasteiger partial charge in [0, 0.05) is 19.0 Å². The third-order valence-electron chi connectivity index (χ3n) is 4.95. The molecule has 1 N–H and O–H groups in total. The average molecular weight is 368 g/mol. The summed E-state index contributed by atoms with van der Waals surface area (Å²) in [6.45, 7) is 2.39. The highest BCUT2D eigenvalue weighted by atomic mass is 16.5. The van der Waals surface area contributed by atoms with Gasteiger partial charge in [-0.05, 0) is 24.6 Å². The Balaban J connectivity index is 1.69. The maximum absolute atomic E-state index is 12.7. The molecule has 2 amide bonds. The standard InChI is InChI=1S/C21H24N2O4/c1-14(15-7-5-4-6-8-15)23-13-16(11-20(23)24)21(25)22-18-10-9-17(26-2)12-19(18)27-3/h4-10,12,14,16H,11,13H2,1-3H3,(H,22,25)/t14-,16-/m1/s1. The van der Waals surface area contributed by atoms with Crippen LogP contribution in [-0.4, -0.2) is 37.5 Å². The van der Waals surface area contributed by atoms with E-state index in [0.29, 0.717) is 23.7 Å². The molecule has 1 saturated heterocycles. The van der Waals surface area contributed by atoms with Crippen molar-refractivity contribution in [3.8, 4) is 11.5 Å². The van der Waals surface area contributed by atoms with E-state index < -0.39 is 5.92 Å². The molecule has 2 atom stereocenters. The minimum Gasteiger partial charge on any atom is -0.497 e. The summed E-state index contributed by atoms with van der Waals surface area (Å²) in [4.78, 5) is 26.9. The minimum atomic E-state index is -0.393. The van der Waals surface area contributed by atoms with Crippen LogP contribution in [0.4, 0.5) is 5.69 Å². The first-order chi connectivity index (χ1) is 13.0. The molecule has 27 heavy (non-hydrogen) atoms. The number of methoxy groups -OCH3 is 2. The molecule has 6 heteroatoms. The van der Waals surface area contributed by atoms with Crippen LogP contribution in [0, 0.1) is 5.92 Å². The van der Waals surface area contributed by atoms with Crippen molar-refractivity contribution < 1.29 is 19.1 Å². The monoisotopic (exact) mass is 368 g/mol. The van der Waals surface area contributed by atoms with Gasteiger partial charge in [-0.15, -0.1) is 0 Å². The van der Waals surface area contributed by atoms with Crippen molar-refractivity contribution in [2.45, 2.75) is 19.4 Å². The lowest BCUT2D eigenvalue weighted by Crippen LogP contribution is -2.30. The van der Waals surface area contributed by atoms with Gasteiger partial charge in [0.15, 0.2) is 0 Å². The number of anilines is 1. The van der Waals surface area contributed by atoms with Gasteiger partial charge in [0.05, 0.1) is 31.9 Å². The summed E-state index contributed by atoms with van der Waals surface area (Å²) in [6.07, 6.45) is 0.210. The molecule has 142 valence electrons. The maximum Gasteiger partial charge on any atom is 0.229 e. The normalized spacial score (nSPS) is 17.5. The molecule has 0 unspecified atom stereocenters. The van der Waals surface area contributed by atoms with E-state index in [-0.39, 0.29) is 24.3 Å². The Morgan fingerprint density at radius 1 is 1.15 bits per heavy atom. The quantitative estimate of drug-likeness (QED) is 0.850. The Morgan fingerprint density at radius 2 is 1.89 bits per heavy atom. The van der Waals surface area contributed by atoms with Gasteiger partial charge in [-0.1, -0.05) is 30.3 Å². The van der Waals surface area contributed by atoms with Gasteiger partial charge < -0.3 is 19.7 Å². The number of carbonyl (C=O) groups is 2. The molecule has 2 aromatic rings. The van der Waals surface area contributed by atoms with E-state index in [1.54, 1.807) is 30.2 Å². The largest absolute Gasteiger partial charge is 0.497 e. The third kappa shape index (κ3) is 4.05. The third-order valence-corrected chi connectivity index (χ3v) is 4.95. The molecule has 1 aliphatic rings. The number of nitrogens with one attached hydrogen (secondary N) is 1. The molecule has 6 nitrogen and oxygen atoms in total. The fourth-order valence-electron chi connectivity index (χ4n) is 3.33. The first-order valence-corrected chi connectivity index (χ1v) is 8.90. The van der Waals surface area contributed by atoms with Crippen LogP contribution in [-0.2, 0) is 9.59 Å². The summed E-state index contributed by atoms with van der Waals surface area (Å²) in [6, 6.07) is 15.0. The van der Waals surface area contributed by atoms with E-state index in [1.165, 1.54) is 7.11 Å². The van der Waals surface area contributed by atoms with Crippen molar-refractivity contribution in [3.63, 3.8) is 0 Å². The SMILES string of the molecule is COc1ccc(NC(=O)[C@@H]2CC(=O)N([C@H](C)c3ccccc3)C2)c(OC)c1. The molecule has 1 aliphatic heterocycles. The van der Waals surface area contributed by atoms with E-state index in [4.69, 9.17) is 9.47 Å². The molecule has 3 rings (SSSR count). The van der Waals surface area contributed by atoms with Crippen LogP contribution in [0.1, 0.15) is 24.9 Å². The molecule has 0 aliphatic carbocycles. The van der Waals surface area contributed by atoms with Crippen LogP contribution < -0.4 is 14.8 Å². The Hall–Kier alpha value is -3.02. The van der Waals surface area contributed by atoms with Crippen molar-refractivity contribution in [2.75, 3.05) is 26.1 Å². The van der Waals surface area contributed by atoms with E-state index in [0.717, 1.165) is 5.56 Å². The van der Waals surface area contributed by atoms with Crippen molar-refractivity contribution in [1.82, 2.24) is 4.90 Å². The second-order valence-electron chi connectivity index (χ2n) is 6.59. The van der Waals surface area contributed by atoms with E-state index >= 15 is 0 Å². The first kappa shape index (κ1) is 18.8. The Labute approximate surface area is 159 Å². The lowest BCUT2D eigenvalue weighted by Gasteiger charge is -2.25. The van der Waals surface area contributed by atoms with Gasteiger partial charge in [-0.2, -0.15) is 0 Å². The highest BCUT2D eigenvalue weighted by molar-refractivity contribution is 5.98. The molecule has 2 aromatic carbocycles. The van der Waals surface area contributed by atoms with Crippen LogP contribution in [0.2, 0.25) is 0 Å². The van der Waals surface area contributed by atoms with Gasteiger partial charge in [-0.25, -0.2) is 0 Å². The zero-order chi connectivity index (χ0) is 19.4. The number of hydrogen-bond acceptors (Lipinski definition) is 4. The van der Waals surface area contributed by atoms with Crippen molar-refractivity contribution in [1.29, 1.82) is 0 Å². The summed E-state index contributed by atoms with van der Waals surface area (Å²) in [7, 11) is 3.10. The number of rotatable bonds is 6. The lowest BCUT2D eigenvalue weighted by atomic mass is 10.1. The van der Waals surface area contributed by atoms with Crippen molar-refractivity contribution in [2.24, 2.45) is 5.92 Å². The Bertz CT molecular complexity index is 822. The minimum absolute atomic E-state index is 0.00630. The van der Waals surface area contributed by atoms with Gasteiger partial charge >= 0.3 is 0 Å². The summed E-state index contributed by atoms with van der Waals surface area (Å²) < 4.78 is 10.5. The fraction of sp³-hybridized carbons (Fsp3) is 0.333. The van der Waals surface area contributed by atoms with Crippen molar-refractivity contribution in [3.05, 3.63) is 54.1 Å². The van der Waals surface area contributed by atoms with Gasteiger partial charge in [0.1, 0.15) is 11.5 Å². The van der Waals surface area contributed by atoms with Crippen LogP contribution in [0.3, 0.4) is 0 Å². The summed E-state index contributed by atoms with van der Waals surface area (Å²) >= 11 is 0. The first-order valence-electron chi connectivity index (χ1n) is 8.90. The molecule has 1 heterocycles. The fourth-order valence-corrected chi connectivity index (χ4v) is 3.33. The smallest absolute Gasteiger partial charge is 0.229 e. The summed E-state index contributed by atoms with van der Waals surface area (Å²) in [5.74, 6) is 0.573. The molecule has 0 spiro atoms. The molecule has 0 bridgehead atoms. The van der Waals surface area contributed by atoms with E-state index in [9.17, 15) is 9.59 Å². The molecule has 1 fully saturated rings. The zero-order valence-corrected chi connectivity index (χ0v) is 15.8. The lowest BCUT2D eigenvalue weighted by molar-refractivity contribution is -0.129. The van der Waals surface area contributed by atoms with Gasteiger partial charge in [-0.3, -0.25) is 9.59 Å². The van der Waals surface area contributed by atoms with Crippen LogP contribution >= 0.6 is 0 Å². The number of benzene rings is 2. The predicted octanol–water partition coefficient (Wildman–Crippen LogP) is 3.25. The highest BCUT2D eigenvalue weighted by Gasteiger charge is 2.37. The van der Waals surface area contributed by atoms with Gasteiger partial charge in [0.2, 0.25) is 11.8 Å².